The molecule has 0 bridgehead atoms. The van der Waals surface area contributed by atoms with Crippen LogP contribution in [0.4, 0.5) is 0 Å². The second kappa shape index (κ2) is 6.57. The van der Waals surface area contributed by atoms with E-state index in [-0.39, 0.29) is 18.6 Å². The Hall–Kier alpha value is -1.55. The summed E-state index contributed by atoms with van der Waals surface area (Å²) < 4.78 is 11.0. The van der Waals surface area contributed by atoms with Crippen molar-refractivity contribution in [2.75, 3.05) is 26.8 Å². The van der Waals surface area contributed by atoms with Gasteiger partial charge in [-0.25, -0.2) is 0 Å². The van der Waals surface area contributed by atoms with Gasteiger partial charge in [-0.1, -0.05) is 12.1 Å². The molecule has 0 aromatic heterocycles. The van der Waals surface area contributed by atoms with Crippen LogP contribution in [0.2, 0.25) is 0 Å². The zero-order valence-electron chi connectivity index (χ0n) is 11.6. The fourth-order valence-electron chi connectivity index (χ4n) is 2.16. The third kappa shape index (κ3) is 4.24. The van der Waals surface area contributed by atoms with Crippen molar-refractivity contribution in [2.45, 2.75) is 25.9 Å². The third-order valence-corrected chi connectivity index (χ3v) is 3.28. The Morgan fingerprint density at radius 3 is 3.05 bits per heavy atom. The number of aryl methyl sites for hydroxylation is 1. The van der Waals surface area contributed by atoms with Crippen molar-refractivity contribution in [2.24, 2.45) is 0 Å². The van der Waals surface area contributed by atoms with Gasteiger partial charge in [-0.3, -0.25) is 4.79 Å². The molecule has 1 aromatic rings. The molecule has 0 radical (unpaired) electrons. The van der Waals surface area contributed by atoms with Gasteiger partial charge in [-0.15, -0.1) is 0 Å². The number of carbonyl (C=O) groups excluding carboxylic acids is 1. The van der Waals surface area contributed by atoms with E-state index in [1.807, 2.05) is 31.2 Å². The van der Waals surface area contributed by atoms with Crippen LogP contribution in [0.1, 0.15) is 18.4 Å². The van der Waals surface area contributed by atoms with E-state index in [0.29, 0.717) is 6.54 Å². The molecule has 4 heteroatoms. The summed E-state index contributed by atoms with van der Waals surface area (Å²) in [4.78, 5) is 13.6. The monoisotopic (exact) mass is 263 g/mol. The lowest BCUT2D eigenvalue weighted by Gasteiger charge is -2.20. The van der Waals surface area contributed by atoms with Gasteiger partial charge < -0.3 is 14.4 Å². The van der Waals surface area contributed by atoms with Crippen LogP contribution in [-0.4, -0.2) is 43.7 Å². The van der Waals surface area contributed by atoms with E-state index >= 15 is 0 Å². The Balaban J connectivity index is 1.76. The van der Waals surface area contributed by atoms with E-state index in [1.165, 1.54) is 0 Å². The highest BCUT2D eigenvalue weighted by molar-refractivity contribution is 5.77. The Kier molecular flexibility index (Phi) is 4.80. The number of benzene rings is 1. The van der Waals surface area contributed by atoms with Crippen LogP contribution in [0, 0.1) is 6.92 Å². The molecule has 1 aliphatic rings. The van der Waals surface area contributed by atoms with Crippen LogP contribution in [0.3, 0.4) is 0 Å². The van der Waals surface area contributed by atoms with E-state index in [2.05, 4.69) is 0 Å². The van der Waals surface area contributed by atoms with E-state index < -0.39 is 0 Å². The minimum Gasteiger partial charge on any atom is -0.484 e. The van der Waals surface area contributed by atoms with Gasteiger partial charge in [0.05, 0.1) is 6.10 Å². The second-order valence-electron chi connectivity index (χ2n) is 5.01. The maximum Gasteiger partial charge on any atom is 0.260 e. The molecule has 19 heavy (non-hydrogen) atoms. The second-order valence-corrected chi connectivity index (χ2v) is 5.01. The van der Waals surface area contributed by atoms with Crippen molar-refractivity contribution in [3.8, 4) is 5.75 Å². The largest absolute Gasteiger partial charge is 0.484 e. The molecule has 1 heterocycles. The lowest BCUT2D eigenvalue weighted by Crippen LogP contribution is -2.37. The summed E-state index contributed by atoms with van der Waals surface area (Å²) >= 11 is 0. The summed E-state index contributed by atoms with van der Waals surface area (Å²) in [5, 5.41) is 0. The minimum absolute atomic E-state index is 0.0167. The number of nitrogens with zero attached hydrogens (tertiary/aromatic N) is 1. The first kappa shape index (κ1) is 13.9. The van der Waals surface area contributed by atoms with Crippen molar-refractivity contribution >= 4 is 5.91 Å². The van der Waals surface area contributed by atoms with E-state index in [0.717, 1.165) is 30.8 Å². The molecule has 1 amide bonds. The molecule has 1 atom stereocenters. The SMILES string of the molecule is Cc1cccc(OCC(=O)N(C)CC2CCCO2)c1. The van der Waals surface area contributed by atoms with E-state index in [9.17, 15) is 4.79 Å². The maximum absolute atomic E-state index is 11.9. The summed E-state index contributed by atoms with van der Waals surface area (Å²) in [6.07, 6.45) is 2.32. The van der Waals surface area contributed by atoms with Gasteiger partial charge in [-0.2, -0.15) is 0 Å². The van der Waals surface area contributed by atoms with Gasteiger partial charge in [0.15, 0.2) is 6.61 Å². The van der Waals surface area contributed by atoms with Crippen molar-refractivity contribution in [3.63, 3.8) is 0 Å². The van der Waals surface area contributed by atoms with Gasteiger partial charge >= 0.3 is 0 Å². The number of carbonyl (C=O) groups is 1. The lowest BCUT2D eigenvalue weighted by molar-refractivity contribution is -0.133. The predicted molar refractivity (Wildman–Crippen MR) is 73.3 cm³/mol. The molecule has 1 fully saturated rings. The van der Waals surface area contributed by atoms with Gasteiger partial charge in [-0.05, 0) is 37.5 Å². The molecule has 4 nitrogen and oxygen atoms in total. The highest BCUT2D eigenvalue weighted by Crippen LogP contribution is 2.14. The molecular weight excluding hydrogens is 242 g/mol. The number of amides is 1. The molecule has 0 aliphatic carbocycles. The first-order valence-corrected chi connectivity index (χ1v) is 6.70. The highest BCUT2D eigenvalue weighted by Gasteiger charge is 2.20. The summed E-state index contributed by atoms with van der Waals surface area (Å²) in [6.45, 7) is 3.54. The van der Waals surface area contributed by atoms with E-state index in [1.54, 1.807) is 11.9 Å². The zero-order chi connectivity index (χ0) is 13.7. The summed E-state index contributed by atoms with van der Waals surface area (Å²) in [6, 6.07) is 7.71. The molecule has 2 rings (SSSR count). The zero-order valence-corrected chi connectivity index (χ0v) is 11.6. The Bertz CT molecular complexity index is 427. The third-order valence-electron chi connectivity index (χ3n) is 3.28. The van der Waals surface area contributed by atoms with Crippen molar-refractivity contribution in [1.29, 1.82) is 0 Å². The number of hydrogen-bond donors (Lipinski definition) is 0. The van der Waals surface area contributed by atoms with Crippen LogP contribution in [0.15, 0.2) is 24.3 Å². The fourth-order valence-corrected chi connectivity index (χ4v) is 2.16. The first-order valence-electron chi connectivity index (χ1n) is 6.70. The highest BCUT2D eigenvalue weighted by atomic mass is 16.5. The van der Waals surface area contributed by atoms with Crippen molar-refractivity contribution in [1.82, 2.24) is 4.90 Å². The molecule has 1 aromatic carbocycles. The predicted octanol–water partition coefficient (Wildman–Crippen LogP) is 2.01. The average Bonchev–Trinajstić information content (AvgIpc) is 2.89. The lowest BCUT2D eigenvalue weighted by atomic mass is 10.2. The van der Waals surface area contributed by atoms with Crippen molar-refractivity contribution in [3.05, 3.63) is 29.8 Å². The van der Waals surface area contributed by atoms with E-state index in [4.69, 9.17) is 9.47 Å². The average molecular weight is 263 g/mol. The molecule has 1 saturated heterocycles. The number of ether oxygens (including phenoxy) is 2. The van der Waals surface area contributed by atoms with Crippen LogP contribution in [-0.2, 0) is 9.53 Å². The van der Waals surface area contributed by atoms with Crippen LogP contribution >= 0.6 is 0 Å². The first-order chi connectivity index (χ1) is 9.15. The fraction of sp³-hybridized carbons (Fsp3) is 0.533. The number of likely N-dealkylation sites (N-methyl/N-ethyl adjacent to an activating group) is 1. The van der Waals surface area contributed by atoms with Crippen LogP contribution in [0.5, 0.6) is 5.75 Å². The smallest absolute Gasteiger partial charge is 0.260 e. The summed E-state index contributed by atoms with van der Waals surface area (Å²) in [5.41, 5.74) is 1.12. The Morgan fingerprint density at radius 2 is 2.37 bits per heavy atom. The molecule has 104 valence electrons. The molecule has 0 N–H and O–H groups in total. The number of rotatable bonds is 5. The summed E-state index contributed by atoms with van der Waals surface area (Å²) in [7, 11) is 1.80. The molecule has 1 unspecified atom stereocenters. The van der Waals surface area contributed by atoms with Crippen LogP contribution < -0.4 is 4.74 Å². The topological polar surface area (TPSA) is 38.8 Å². The van der Waals surface area contributed by atoms with Gasteiger partial charge in [0, 0.05) is 20.2 Å². The quantitative estimate of drug-likeness (QED) is 0.815. The van der Waals surface area contributed by atoms with Crippen molar-refractivity contribution < 1.29 is 14.3 Å². The van der Waals surface area contributed by atoms with Gasteiger partial charge in [0.1, 0.15) is 5.75 Å². The normalized spacial score (nSPS) is 18.3. The Morgan fingerprint density at radius 1 is 1.53 bits per heavy atom. The minimum atomic E-state index is -0.0167. The van der Waals surface area contributed by atoms with Gasteiger partial charge in [0.2, 0.25) is 0 Å². The maximum atomic E-state index is 11.9. The summed E-state index contributed by atoms with van der Waals surface area (Å²) in [5.74, 6) is 0.718. The Labute approximate surface area is 114 Å². The molecule has 0 saturated carbocycles. The molecular formula is C15H21NO3. The standard InChI is InChI=1S/C15H21NO3/c1-12-5-3-6-13(9-12)19-11-15(17)16(2)10-14-7-4-8-18-14/h3,5-6,9,14H,4,7-8,10-11H2,1-2H3. The van der Waals surface area contributed by atoms with Crippen LogP contribution in [0.25, 0.3) is 0 Å². The van der Waals surface area contributed by atoms with Gasteiger partial charge in [0.25, 0.3) is 5.91 Å². The number of hydrogen-bond acceptors (Lipinski definition) is 3. The molecule has 0 spiro atoms. The molecule has 1 aliphatic heterocycles.